The summed E-state index contributed by atoms with van der Waals surface area (Å²) in [6.07, 6.45) is -1.62. The van der Waals surface area contributed by atoms with Gasteiger partial charge in [-0.3, -0.25) is 0 Å². The SMILES string of the molecule is CC(c1cccc(Cl)c1)N(C)C(=O)NC[C@H](O)C(=O)O. The normalized spacial score (nSPS) is 13.4. The minimum atomic E-state index is -1.62. The highest BCUT2D eigenvalue weighted by Crippen LogP contribution is 2.21. The minimum Gasteiger partial charge on any atom is -0.479 e. The van der Waals surface area contributed by atoms with Gasteiger partial charge in [0.25, 0.3) is 0 Å². The summed E-state index contributed by atoms with van der Waals surface area (Å²) in [5.41, 5.74) is 0.855. The van der Waals surface area contributed by atoms with Crippen LogP contribution in [0.5, 0.6) is 0 Å². The van der Waals surface area contributed by atoms with Gasteiger partial charge in [-0.2, -0.15) is 0 Å². The van der Waals surface area contributed by atoms with Crippen molar-refractivity contribution < 1.29 is 19.8 Å². The van der Waals surface area contributed by atoms with Crippen LogP contribution in [0.1, 0.15) is 18.5 Å². The van der Waals surface area contributed by atoms with Crippen LogP contribution < -0.4 is 5.32 Å². The molecule has 0 radical (unpaired) electrons. The topological polar surface area (TPSA) is 89.9 Å². The number of rotatable bonds is 5. The standard InChI is InChI=1S/C13H17ClN2O4/c1-8(9-4-3-5-10(14)6-9)16(2)13(20)15-7-11(17)12(18)19/h3-6,8,11,17H,7H2,1-2H3,(H,15,20)(H,18,19)/t8?,11-/m0/s1. The van der Waals surface area contributed by atoms with Gasteiger partial charge in [-0.15, -0.1) is 0 Å². The van der Waals surface area contributed by atoms with Gasteiger partial charge in [0, 0.05) is 12.1 Å². The van der Waals surface area contributed by atoms with E-state index in [1.54, 1.807) is 25.2 Å². The highest BCUT2D eigenvalue weighted by molar-refractivity contribution is 6.30. The minimum absolute atomic E-state index is 0.240. The molecule has 0 heterocycles. The van der Waals surface area contributed by atoms with E-state index < -0.39 is 18.1 Å². The number of carbonyl (C=O) groups excluding carboxylic acids is 1. The molecule has 3 N–H and O–H groups in total. The Balaban J connectivity index is 2.62. The molecule has 0 saturated carbocycles. The van der Waals surface area contributed by atoms with Gasteiger partial charge in [0.05, 0.1) is 12.6 Å². The number of carbonyl (C=O) groups is 2. The largest absolute Gasteiger partial charge is 0.479 e. The summed E-state index contributed by atoms with van der Waals surface area (Å²) < 4.78 is 0. The molecular weight excluding hydrogens is 284 g/mol. The molecule has 0 aliphatic carbocycles. The fourth-order valence-corrected chi connectivity index (χ4v) is 1.76. The fourth-order valence-electron chi connectivity index (χ4n) is 1.56. The zero-order valence-corrected chi connectivity index (χ0v) is 12.0. The Morgan fingerprint density at radius 2 is 2.10 bits per heavy atom. The monoisotopic (exact) mass is 300 g/mol. The van der Waals surface area contributed by atoms with Crippen LogP contribution in [0.15, 0.2) is 24.3 Å². The average Bonchev–Trinajstić information content (AvgIpc) is 2.42. The number of amides is 2. The zero-order valence-electron chi connectivity index (χ0n) is 11.2. The number of halogens is 1. The van der Waals surface area contributed by atoms with Crippen LogP contribution in [-0.4, -0.2) is 46.8 Å². The Hall–Kier alpha value is -1.79. The Labute approximate surface area is 122 Å². The molecule has 1 aromatic carbocycles. The van der Waals surface area contributed by atoms with E-state index in [9.17, 15) is 9.59 Å². The van der Waals surface area contributed by atoms with Crippen molar-refractivity contribution in [1.29, 1.82) is 0 Å². The zero-order chi connectivity index (χ0) is 15.3. The third-order valence-corrected chi connectivity index (χ3v) is 3.20. The third kappa shape index (κ3) is 4.40. The van der Waals surface area contributed by atoms with Gasteiger partial charge in [-0.25, -0.2) is 9.59 Å². The van der Waals surface area contributed by atoms with Crippen molar-refractivity contribution >= 4 is 23.6 Å². The van der Waals surface area contributed by atoms with Crippen LogP contribution in [-0.2, 0) is 4.79 Å². The maximum atomic E-state index is 11.8. The van der Waals surface area contributed by atoms with Gasteiger partial charge in [0.15, 0.2) is 6.10 Å². The van der Waals surface area contributed by atoms with Gasteiger partial charge in [-0.1, -0.05) is 23.7 Å². The lowest BCUT2D eigenvalue weighted by molar-refractivity contribution is -0.146. The van der Waals surface area contributed by atoms with Crippen LogP contribution in [0.4, 0.5) is 4.79 Å². The predicted molar refractivity (Wildman–Crippen MR) is 74.7 cm³/mol. The van der Waals surface area contributed by atoms with E-state index in [1.807, 2.05) is 13.0 Å². The smallest absolute Gasteiger partial charge is 0.334 e. The molecular formula is C13H17ClN2O4. The molecule has 0 aliphatic heterocycles. The molecule has 0 aliphatic rings. The number of aliphatic hydroxyl groups excluding tert-OH is 1. The molecule has 0 saturated heterocycles. The lowest BCUT2D eigenvalue weighted by Gasteiger charge is -2.26. The summed E-state index contributed by atoms with van der Waals surface area (Å²) in [5.74, 6) is -1.38. The van der Waals surface area contributed by atoms with Crippen molar-refractivity contribution in [2.75, 3.05) is 13.6 Å². The van der Waals surface area contributed by atoms with Crippen molar-refractivity contribution in [2.45, 2.75) is 19.1 Å². The van der Waals surface area contributed by atoms with E-state index >= 15 is 0 Å². The molecule has 1 aromatic rings. The molecule has 2 amide bonds. The summed E-state index contributed by atoms with van der Waals surface area (Å²) in [4.78, 5) is 23.7. The molecule has 1 unspecified atom stereocenters. The number of urea groups is 1. The second kappa shape index (κ2) is 7.12. The van der Waals surface area contributed by atoms with Gasteiger partial charge in [-0.05, 0) is 24.6 Å². The van der Waals surface area contributed by atoms with Crippen LogP contribution in [0.25, 0.3) is 0 Å². The summed E-state index contributed by atoms with van der Waals surface area (Å²) in [6.45, 7) is 1.47. The van der Waals surface area contributed by atoms with Gasteiger partial charge in [0.1, 0.15) is 0 Å². The Bertz CT molecular complexity index is 495. The van der Waals surface area contributed by atoms with E-state index in [0.29, 0.717) is 5.02 Å². The second-order valence-electron chi connectivity index (χ2n) is 4.38. The van der Waals surface area contributed by atoms with Crippen molar-refractivity contribution in [1.82, 2.24) is 10.2 Å². The van der Waals surface area contributed by atoms with E-state index in [4.69, 9.17) is 21.8 Å². The molecule has 0 aromatic heterocycles. The lowest BCUT2D eigenvalue weighted by Crippen LogP contribution is -2.43. The predicted octanol–water partition coefficient (Wildman–Crippen LogP) is 1.49. The first kappa shape index (κ1) is 16.3. The highest BCUT2D eigenvalue weighted by atomic mass is 35.5. The third-order valence-electron chi connectivity index (χ3n) is 2.96. The molecule has 110 valence electrons. The number of hydrogen-bond donors (Lipinski definition) is 3. The first-order chi connectivity index (χ1) is 9.32. The summed E-state index contributed by atoms with van der Waals surface area (Å²) >= 11 is 5.89. The first-order valence-corrected chi connectivity index (χ1v) is 6.37. The lowest BCUT2D eigenvalue weighted by atomic mass is 10.1. The van der Waals surface area contributed by atoms with Crippen LogP contribution in [0.2, 0.25) is 5.02 Å². The first-order valence-electron chi connectivity index (χ1n) is 6.00. The molecule has 0 spiro atoms. The number of aliphatic carboxylic acids is 1. The molecule has 2 atom stereocenters. The number of hydrogen-bond acceptors (Lipinski definition) is 3. The fraction of sp³-hybridized carbons (Fsp3) is 0.385. The molecule has 0 fully saturated rings. The van der Waals surface area contributed by atoms with E-state index in [1.165, 1.54) is 4.90 Å². The maximum absolute atomic E-state index is 11.8. The Morgan fingerprint density at radius 3 is 2.65 bits per heavy atom. The van der Waals surface area contributed by atoms with Crippen LogP contribution in [0.3, 0.4) is 0 Å². The van der Waals surface area contributed by atoms with Crippen molar-refractivity contribution in [3.63, 3.8) is 0 Å². The number of benzene rings is 1. The van der Waals surface area contributed by atoms with Gasteiger partial charge in [0.2, 0.25) is 0 Å². The molecule has 7 heteroatoms. The van der Waals surface area contributed by atoms with Crippen molar-refractivity contribution in [3.8, 4) is 0 Å². The Kier molecular flexibility index (Phi) is 5.79. The Morgan fingerprint density at radius 1 is 1.45 bits per heavy atom. The number of carboxylic acids is 1. The number of nitrogens with one attached hydrogen (secondary N) is 1. The number of nitrogens with zero attached hydrogens (tertiary/aromatic N) is 1. The van der Waals surface area contributed by atoms with Gasteiger partial charge >= 0.3 is 12.0 Å². The van der Waals surface area contributed by atoms with E-state index in [-0.39, 0.29) is 12.6 Å². The number of carboxylic acid groups (broad SMARTS) is 1. The molecule has 6 nitrogen and oxygen atoms in total. The average molecular weight is 301 g/mol. The van der Waals surface area contributed by atoms with Crippen LogP contribution in [0, 0.1) is 0 Å². The van der Waals surface area contributed by atoms with Crippen molar-refractivity contribution in [3.05, 3.63) is 34.9 Å². The van der Waals surface area contributed by atoms with E-state index in [0.717, 1.165) is 5.56 Å². The number of aliphatic hydroxyl groups is 1. The quantitative estimate of drug-likeness (QED) is 0.768. The molecule has 1 rings (SSSR count). The maximum Gasteiger partial charge on any atom is 0.334 e. The van der Waals surface area contributed by atoms with E-state index in [2.05, 4.69) is 5.32 Å². The summed E-state index contributed by atoms with van der Waals surface area (Å²) in [7, 11) is 1.58. The summed E-state index contributed by atoms with van der Waals surface area (Å²) in [5, 5.41) is 20.5. The van der Waals surface area contributed by atoms with Crippen molar-refractivity contribution in [2.24, 2.45) is 0 Å². The van der Waals surface area contributed by atoms with Crippen LogP contribution >= 0.6 is 11.6 Å². The van der Waals surface area contributed by atoms with Gasteiger partial charge < -0.3 is 20.4 Å². The molecule has 20 heavy (non-hydrogen) atoms. The summed E-state index contributed by atoms with van der Waals surface area (Å²) in [6, 6.07) is 6.40. The molecule has 0 bridgehead atoms. The second-order valence-corrected chi connectivity index (χ2v) is 4.82. The highest BCUT2D eigenvalue weighted by Gasteiger charge is 2.20.